The van der Waals surface area contributed by atoms with Gasteiger partial charge in [-0.15, -0.1) is 0 Å². The van der Waals surface area contributed by atoms with Gasteiger partial charge in [0.25, 0.3) is 0 Å². The Morgan fingerprint density at radius 3 is 2.74 bits per heavy atom. The Morgan fingerprint density at radius 2 is 2.05 bits per heavy atom. The van der Waals surface area contributed by atoms with Gasteiger partial charge in [0, 0.05) is 24.8 Å². The van der Waals surface area contributed by atoms with E-state index in [9.17, 15) is 0 Å². The number of aromatic nitrogens is 2. The first kappa shape index (κ1) is 14.6. The molecule has 0 unspecified atom stereocenters. The van der Waals surface area contributed by atoms with Crippen molar-refractivity contribution >= 4 is 0 Å². The highest BCUT2D eigenvalue weighted by Gasteiger charge is 2.15. The van der Waals surface area contributed by atoms with Crippen molar-refractivity contribution in [1.82, 2.24) is 14.9 Å². The number of rotatable bonds is 6. The first-order chi connectivity index (χ1) is 9.04. The van der Waals surface area contributed by atoms with Crippen LogP contribution in [-0.2, 0) is 13.1 Å². The summed E-state index contributed by atoms with van der Waals surface area (Å²) in [4.78, 5) is 4.30. The summed E-state index contributed by atoms with van der Waals surface area (Å²) in [5, 5.41) is 3.54. The summed E-state index contributed by atoms with van der Waals surface area (Å²) >= 11 is 0. The monoisotopic (exact) mass is 263 g/mol. The third-order valence-corrected chi connectivity index (χ3v) is 4.08. The first-order valence-electron chi connectivity index (χ1n) is 7.78. The Hall–Kier alpha value is -0.830. The largest absolute Gasteiger partial charge is 0.333 e. The maximum atomic E-state index is 4.30. The van der Waals surface area contributed by atoms with Crippen LogP contribution < -0.4 is 5.32 Å². The Morgan fingerprint density at radius 1 is 1.32 bits per heavy atom. The molecule has 1 aliphatic rings. The van der Waals surface area contributed by atoms with Crippen molar-refractivity contribution in [3.05, 3.63) is 18.2 Å². The van der Waals surface area contributed by atoms with E-state index in [-0.39, 0.29) is 5.54 Å². The lowest BCUT2D eigenvalue weighted by atomic mass is 10.0. The van der Waals surface area contributed by atoms with Gasteiger partial charge < -0.3 is 9.88 Å². The molecule has 108 valence electrons. The van der Waals surface area contributed by atoms with Crippen LogP contribution in [0, 0.1) is 5.92 Å². The summed E-state index contributed by atoms with van der Waals surface area (Å²) in [6.07, 6.45) is 12.5. The predicted octanol–water partition coefficient (Wildman–Crippen LogP) is 3.74. The van der Waals surface area contributed by atoms with E-state index in [4.69, 9.17) is 0 Å². The molecule has 1 heterocycles. The van der Waals surface area contributed by atoms with Crippen molar-refractivity contribution in [2.45, 2.75) is 77.9 Å². The molecule has 0 saturated heterocycles. The molecule has 1 aliphatic carbocycles. The number of nitrogens with one attached hydrogen (secondary N) is 1. The Kier molecular flexibility index (Phi) is 5.03. The minimum atomic E-state index is 0.166. The lowest BCUT2D eigenvalue weighted by molar-refractivity contribution is 0.410. The van der Waals surface area contributed by atoms with Gasteiger partial charge in [-0.1, -0.05) is 25.7 Å². The average Bonchev–Trinajstić information content (AvgIpc) is 2.96. The van der Waals surface area contributed by atoms with Crippen LogP contribution in [0.25, 0.3) is 0 Å². The zero-order chi connectivity index (χ0) is 13.7. The van der Waals surface area contributed by atoms with Gasteiger partial charge in [-0.2, -0.15) is 0 Å². The second-order valence-corrected chi connectivity index (χ2v) is 6.97. The predicted molar refractivity (Wildman–Crippen MR) is 80.0 cm³/mol. The summed E-state index contributed by atoms with van der Waals surface area (Å²) in [7, 11) is 0. The van der Waals surface area contributed by atoms with E-state index in [0.29, 0.717) is 0 Å². The van der Waals surface area contributed by atoms with Crippen molar-refractivity contribution in [2.24, 2.45) is 5.92 Å². The van der Waals surface area contributed by atoms with Gasteiger partial charge >= 0.3 is 0 Å². The van der Waals surface area contributed by atoms with E-state index in [1.807, 2.05) is 12.5 Å². The minimum absolute atomic E-state index is 0.166. The molecule has 19 heavy (non-hydrogen) atoms. The molecule has 0 atom stereocenters. The molecule has 0 radical (unpaired) electrons. The number of nitrogens with zero attached hydrogens (tertiary/aromatic N) is 2. The van der Waals surface area contributed by atoms with E-state index in [1.165, 1.54) is 44.2 Å². The standard InChI is InChI=1S/C16H29N3/c1-16(2,3)18-12-15-11-17-13-19(15)10-6-9-14-7-4-5-8-14/h11,13-14,18H,4-10,12H2,1-3H3. The Labute approximate surface area is 117 Å². The van der Waals surface area contributed by atoms with E-state index < -0.39 is 0 Å². The average molecular weight is 263 g/mol. The Bertz CT molecular complexity index is 370. The summed E-state index contributed by atoms with van der Waals surface area (Å²) in [6, 6.07) is 0. The van der Waals surface area contributed by atoms with Crippen LogP contribution in [0.15, 0.2) is 12.5 Å². The van der Waals surface area contributed by atoms with Gasteiger partial charge in [-0.3, -0.25) is 0 Å². The van der Waals surface area contributed by atoms with Crippen LogP contribution in [0.1, 0.15) is 65.0 Å². The normalized spacial score (nSPS) is 17.2. The summed E-state index contributed by atoms with van der Waals surface area (Å²) < 4.78 is 2.31. The molecule has 2 rings (SSSR count). The molecule has 1 aromatic rings. The van der Waals surface area contributed by atoms with E-state index in [0.717, 1.165) is 19.0 Å². The molecule has 0 spiro atoms. The molecular formula is C16H29N3. The highest BCUT2D eigenvalue weighted by Crippen LogP contribution is 2.28. The van der Waals surface area contributed by atoms with Crippen molar-refractivity contribution in [3.63, 3.8) is 0 Å². The summed E-state index contributed by atoms with van der Waals surface area (Å²) in [5.74, 6) is 1.000. The van der Waals surface area contributed by atoms with Gasteiger partial charge in [-0.05, 0) is 39.5 Å². The molecule has 0 aliphatic heterocycles. The topological polar surface area (TPSA) is 29.9 Å². The van der Waals surface area contributed by atoms with Crippen molar-refractivity contribution in [3.8, 4) is 0 Å². The zero-order valence-corrected chi connectivity index (χ0v) is 12.8. The quantitative estimate of drug-likeness (QED) is 0.847. The molecule has 0 bridgehead atoms. The summed E-state index contributed by atoms with van der Waals surface area (Å²) in [6.45, 7) is 8.64. The third-order valence-electron chi connectivity index (χ3n) is 4.08. The highest BCUT2D eigenvalue weighted by molar-refractivity contribution is 4.98. The van der Waals surface area contributed by atoms with Crippen LogP contribution in [0.4, 0.5) is 0 Å². The molecule has 3 heteroatoms. The second-order valence-electron chi connectivity index (χ2n) is 6.97. The molecule has 0 amide bonds. The molecule has 1 saturated carbocycles. The third kappa shape index (κ3) is 4.98. The molecule has 0 aromatic carbocycles. The van der Waals surface area contributed by atoms with Crippen LogP contribution >= 0.6 is 0 Å². The molecule has 3 nitrogen and oxygen atoms in total. The fraction of sp³-hybridized carbons (Fsp3) is 0.812. The van der Waals surface area contributed by atoms with E-state index in [1.54, 1.807) is 0 Å². The number of aryl methyl sites for hydroxylation is 1. The summed E-state index contributed by atoms with van der Waals surface area (Å²) in [5.41, 5.74) is 1.47. The fourth-order valence-corrected chi connectivity index (χ4v) is 2.90. The van der Waals surface area contributed by atoms with E-state index in [2.05, 4.69) is 35.6 Å². The van der Waals surface area contributed by atoms with Gasteiger partial charge in [-0.25, -0.2) is 4.98 Å². The van der Waals surface area contributed by atoms with Crippen molar-refractivity contribution in [2.75, 3.05) is 0 Å². The van der Waals surface area contributed by atoms with Gasteiger partial charge in [0.05, 0.1) is 12.0 Å². The Balaban J connectivity index is 1.75. The highest BCUT2D eigenvalue weighted by atomic mass is 15.1. The molecular weight excluding hydrogens is 234 g/mol. The lowest BCUT2D eigenvalue weighted by Gasteiger charge is -2.21. The smallest absolute Gasteiger partial charge is 0.0948 e. The van der Waals surface area contributed by atoms with Crippen molar-refractivity contribution < 1.29 is 0 Å². The maximum absolute atomic E-state index is 4.30. The lowest BCUT2D eigenvalue weighted by Crippen LogP contribution is -2.35. The molecule has 1 aromatic heterocycles. The SMILES string of the molecule is CC(C)(C)NCc1cncn1CCCC1CCCC1. The van der Waals surface area contributed by atoms with Crippen LogP contribution in [0.3, 0.4) is 0 Å². The fourth-order valence-electron chi connectivity index (χ4n) is 2.90. The van der Waals surface area contributed by atoms with Gasteiger partial charge in [0.15, 0.2) is 0 Å². The zero-order valence-electron chi connectivity index (χ0n) is 12.8. The number of hydrogen-bond acceptors (Lipinski definition) is 2. The second kappa shape index (κ2) is 6.56. The van der Waals surface area contributed by atoms with Crippen LogP contribution in [-0.4, -0.2) is 15.1 Å². The number of hydrogen-bond donors (Lipinski definition) is 1. The maximum Gasteiger partial charge on any atom is 0.0948 e. The molecule has 1 fully saturated rings. The van der Waals surface area contributed by atoms with Crippen LogP contribution in [0.5, 0.6) is 0 Å². The van der Waals surface area contributed by atoms with E-state index >= 15 is 0 Å². The first-order valence-corrected chi connectivity index (χ1v) is 7.78. The van der Waals surface area contributed by atoms with Gasteiger partial charge in [0.1, 0.15) is 0 Å². The molecule has 1 N–H and O–H groups in total. The van der Waals surface area contributed by atoms with Crippen LogP contribution in [0.2, 0.25) is 0 Å². The van der Waals surface area contributed by atoms with Crippen molar-refractivity contribution in [1.29, 1.82) is 0 Å². The number of imidazole rings is 1. The minimum Gasteiger partial charge on any atom is -0.333 e. The van der Waals surface area contributed by atoms with Gasteiger partial charge in [0.2, 0.25) is 0 Å².